The van der Waals surface area contributed by atoms with Crippen molar-refractivity contribution in [3.05, 3.63) is 48.6 Å². The fourth-order valence-electron chi connectivity index (χ4n) is 6.89. The number of nitrogens with zero attached hydrogens (tertiary/aromatic N) is 2. The molecule has 0 radical (unpaired) electrons. The van der Waals surface area contributed by atoms with Crippen LogP contribution in [0.15, 0.2) is 48.6 Å². The molecule has 2 fully saturated rings. The van der Waals surface area contributed by atoms with Crippen LogP contribution in [0.4, 0.5) is 4.79 Å². The number of esters is 1. The zero-order chi connectivity index (χ0) is 34.9. The lowest BCUT2D eigenvalue weighted by Crippen LogP contribution is -2.50. The Hall–Kier alpha value is -2.38. The highest BCUT2D eigenvalue weighted by Gasteiger charge is 2.46. The van der Waals surface area contributed by atoms with E-state index >= 15 is 0 Å². The molecule has 47 heavy (non-hydrogen) atoms. The second-order valence-corrected chi connectivity index (χ2v) is 16.2. The zero-order valence-electron chi connectivity index (χ0n) is 31.3. The molecular weight excluding hydrogens is 588 g/mol. The predicted molar refractivity (Wildman–Crippen MR) is 192 cm³/mol. The van der Waals surface area contributed by atoms with Crippen LogP contribution in [0.2, 0.25) is 0 Å². The third-order valence-corrected chi connectivity index (χ3v) is 10.9. The molecule has 8 unspecified atom stereocenters. The number of amides is 1. The molecular formula is C40H66N2O5. The van der Waals surface area contributed by atoms with Gasteiger partial charge in [-0.25, -0.2) is 4.79 Å². The summed E-state index contributed by atoms with van der Waals surface area (Å²) < 4.78 is 18.5. The van der Waals surface area contributed by atoms with Crippen LogP contribution < -0.4 is 0 Å². The highest BCUT2D eigenvalue weighted by Crippen LogP contribution is 2.41. The molecule has 0 aromatic carbocycles. The number of hydrogen-bond donors (Lipinski definition) is 0. The Balaban J connectivity index is 1.73. The fraction of sp³-hybridized carbons (Fsp3) is 0.750. The van der Waals surface area contributed by atoms with E-state index in [4.69, 9.17) is 14.2 Å². The van der Waals surface area contributed by atoms with Crippen molar-refractivity contribution in [3.63, 3.8) is 0 Å². The number of carbonyl (C=O) groups excluding carboxylic acids is 2. The highest BCUT2D eigenvalue weighted by molar-refractivity contribution is 5.70. The van der Waals surface area contributed by atoms with E-state index in [1.165, 1.54) is 6.42 Å². The van der Waals surface area contributed by atoms with Gasteiger partial charge in [0, 0.05) is 50.5 Å². The monoisotopic (exact) mass is 654 g/mol. The van der Waals surface area contributed by atoms with Crippen molar-refractivity contribution < 1.29 is 23.8 Å². The molecule has 8 atom stereocenters. The number of epoxide rings is 1. The van der Waals surface area contributed by atoms with E-state index in [1.807, 2.05) is 24.0 Å². The first-order valence-corrected chi connectivity index (χ1v) is 18.2. The number of ether oxygens (including phenoxy) is 3. The van der Waals surface area contributed by atoms with Gasteiger partial charge >= 0.3 is 12.1 Å². The lowest BCUT2D eigenvalue weighted by atomic mass is 9.78. The smallest absolute Gasteiger partial charge is 0.410 e. The first-order chi connectivity index (χ1) is 22.1. The van der Waals surface area contributed by atoms with Crippen molar-refractivity contribution in [2.75, 3.05) is 32.7 Å². The molecule has 0 aromatic rings. The van der Waals surface area contributed by atoms with Crippen molar-refractivity contribution in [1.29, 1.82) is 0 Å². The van der Waals surface area contributed by atoms with Crippen LogP contribution in [0.25, 0.3) is 0 Å². The standard InChI is InChI=1S/C40H66N2O5/c1-12-21-41-22-24-42(25-23-41)38(44)46-34-17-16-31(6)36(47-35(43)26-28(3)18-20-40(34,10)11)30(5)15-14-19-39(8,9)27-33-37(45-33)32(7)29(4)13-2/h12,14-17,19,28-29,31-34,36-37H,1,13,18,20-27H2,2-11H3/b17-16+,19-14+,30-15+. The maximum absolute atomic E-state index is 13.4. The van der Waals surface area contributed by atoms with E-state index in [2.05, 4.69) is 98.1 Å². The second kappa shape index (κ2) is 17.3. The molecule has 0 spiro atoms. The average Bonchev–Trinajstić information content (AvgIpc) is 3.77. The Morgan fingerprint density at radius 1 is 1.17 bits per heavy atom. The van der Waals surface area contributed by atoms with Crippen LogP contribution in [-0.2, 0) is 19.0 Å². The number of cyclic esters (lactones) is 1. The summed E-state index contributed by atoms with van der Waals surface area (Å²) in [4.78, 5) is 30.6. The van der Waals surface area contributed by atoms with Crippen LogP contribution in [0, 0.1) is 34.5 Å². The predicted octanol–water partition coefficient (Wildman–Crippen LogP) is 8.61. The molecule has 3 heterocycles. The molecule has 2 saturated heterocycles. The Labute approximate surface area is 286 Å². The van der Waals surface area contributed by atoms with Gasteiger partial charge in [0.2, 0.25) is 0 Å². The summed E-state index contributed by atoms with van der Waals surface area (Å²) in [6.45, 7) is 29.5. The number of allylic oxidation sites excluding steroid dienone is 3. The quantitative estimate of drug-likeness (QED) is 0.0962. The lowest BCUT2D eigenvalue weighted by molar-refractivity contribution is -0.149. The SMILES string of the molecule is C=CCN1CCN(C(=O)OC2/C=C/C(C)C(/C(C)=C/C=C/C(C)(C)CC3OC3C(C)C(C)CC)OC(=O)CC(C)CCC2(C)C)CC1. The number of rotatable bonds is 11. The minimum absolute atomic E-state index is 0.0174. The van der Waals surface area contributed by atoms with Crippen LogP contribution in [0.3, 0.4) is 0 Å². The van der Waals surface area contributed by atoms with Crippen LogP contribution in [0.5, 0.6) is 0 Å². The summed E-state index contributed by atoms with van der Waals surface area (Å²) in [5.41, 5.74) is 0.679. The average molecular weight is 655 g/mol. The van der Waals surface area contributed by atoms with E-state index in [1.54, 1.807) is 0 Å². The summed E-state index contributed by atoms with van der Waals surface area (Å²) in [7, 11) is 0. The maximum atomic E-state index is 13.4. The summed E-state index contributed by atoms with van der Waals surface area (Å²) >= 11 is 0. The van der Waals surface area contributed by atoms with E-state index in [9.17, 15) is 9.59 Å². The molecule has 0 N–H and O–H groups in total. The van der Waals surface area contributed by atoms with E-state index in [-0.39, 0.29) is 34.7 Å². The highest BCUT2D eigenvalue weighted by atomic mass is 16.6. The summed E-state index contributed by atoms with van der Waals surface area (Å²) in [6.07, 6.45) is 16.3. The van der Waals surface area contributed by atoms with Gasteiger partial charge in [-0.05, 0) is 61.0 Å². The van der Waals surface area contributed by atoms with Gasteiger partial charge in [0.15, 0.2) is 0 Å². The Morgan fingerprint density at radius 2 is 1.85 bits per heavy atom. The molecule has 3 aliphatic rings. The van der Waals surface area contributed by atoms with Gasteiger partial charge < -0.3 is 19.1 Å². The van der Waals surface area contributed by atoms with Gasteiger partial charge in [0.1, 0.15) is 12.2 Å². The summed E-state index contributed by atoms with van der Waals surface area (Å²) in [5.74, 6) is 1.14. The van der Waals surface area contributed by atoms with Gasteiger partial charge in [0.05, 0.1) is 12.2 Å². The van der Waals surface area contributed by atoms with Crippen LogP contribution in [-0.4, -0.2) is 79.0 Å². The third-order valence-electron chi connectivity index (χ3n) is 10.9. The van der Waals surface area contributed by atoms with Crippen molar-refractivity contribution >= 4 is 12.1 Å². The Bertz CT molecular complexity index is 1130. The van der Waals surface area contributed by atoms with E-state index in [0.717, 1.165) is 44.5 Å². The number of piperazine rings is 1. The maximum Gasteiger partial charge on any atom is 0.410 e. The molecule has 3 rings (SSSR count). The van der Waals surface area contributed by atoms with Crippen LogP contribution >= 0.6 is 0 Å². The van der Waals surface area contributed by atoms with E-state index in [0.29, 0.717) is 43.6 Å². The second-order valence-electron chi connectivity index (χ2n) is 16.2. The summed E-state index contributed by atoms with van der Waals surface area (Å²) in [5, 5.41) is 0. The minimum Gasteiger partial charge on any atom is -0.457 e. The summed E-state index contributed by atoms with van der Waals surface area (Å²) in [6, 6.07) is 0. The Morgan fingerprint density at radius 3 is 2.49 bits per heavy atom. The molecule has 1 amide bonds. The third kappa shape index (κ3) is 11.9. The molecule has 266 valence electrons. The fourth-order valence-corrected chi connectivity index (χ4v) is 6.89. The molecule has 7 nitrogen and oxygen atoms in total. The van der Waals surface area contributed by atoms with Crippen molar-refractivity contribution in [1.82, 2.24) is 9.80 Å². The van der Waals surface area contributed by atoms with Crippen molar-refractivity contribution in [2.45, 2.75) is 126 Å². The van der Waals surface area contributed by atoms with Gasteiger partial charge in [-0.2, -0.15) is 0 Å². The zero-order valence-corrected chi connectivity index (χ0v) is 31.3. The molecule has 3 aliphatic heterocycles. The molecule has 0 bridgehead atoms. The molecule has 0 saturated carbocycles. The molecule has 0 aromatic heterocycles. The first kappa shape index (κ1) is 39.1. The van der Waals surface area contributed by atoms with Gasteiger partial charge in [-0.15, -0.1) is 6.58 Å². The minimum atomic E-state index is -0.414. The van der Waals surface area contributed by atoms with Crippen molar-refractivity contribution in [2.24, 2.45) is 34.5 Å². The molecule has 0 aliphatic carbocycles. The number of hydrogen-bond acceptors (Lipinski definition) is 6. The topological polar surface area (TPSA) is 71.6 Å². The Kier molecular flexibility index (Phi) is 14.4. The van der Waals surface area contributed by atoms with E-state index < -0.39 is 12.2 Å². The van der Waals surface area contributed by atoms with Gasteiger partial charge in [0.25, 0.3) is 0 Å². The van der Waals surface area contributed by atoms with Gasteiger partial charge in [-0.1, -0.05) is 99.1 Å². The van der Waals surface area contributed by atoms with Crippen molar-refractivity contribution in [3.8, 4) is 0 Å². The first-order valence-electron chi connectivity index (χ1n) is 18.2. The van der Waals surface area contributed by atoms with Crippen LogP contribution in [0.1, 0.15) is 101 Å². The largest absolute Gasteiger partial charge is 0.457 e. The normalized spacial score (nSPS) is 31.7. The van der Waals surface area contributed by atoms with Gasteiger partial charge in [-0.3, -0.25) is 9.69 Å². The number of carbonyl (C=O) groups is 2. The molecule has 7 heteroatoms. The lowest BCUT2D eigenvalue weighted by Gasteiger charge is -2.37.